The van der Waals surface area contributed by atoms with E-state index < -0.39 is 11.2 Å². The summed E-state index contributed by atoms with van der Waals surface area (Å²) >= 11 is 0. The Bertz CT molecular complexity index is 229. The largest absolute Gasteiger partial charge is 0.373 e. The summed E-state index contributed by atoms with van der Waals surface area (Å²) < 4.78 is 10.2. The lowest BCUT2D eigenvalue weighted by Gasteiger charge is -2.38. The number of rotatable bonds is 6. The number of hydrogen-bond acceptors (Lipinski definition) is 4. The number of ether oxygens (including phenoxy) is 2. The van der Waals surface area contributed by atoms with Crippen LogP contribution < -0.4 is 0 Å². The van der Waals surface area contributed by atoms with E-state index in [4.69, 9.17) is 9.47 Å². The second kappa shape index (κ2) is 3.70. The van der Waals surface area contributed by atoms with Crippen molar-refractivity contribution < 1.29 is 19.7 Å². The van der Waals surface area contributed by atoms with Crippen LogP contribution >= 0.6 is 0 Å². The first kappa shape index (κ1) is 11.3. The third-order valence-electron chi connectivity index (χ3n) is 3.49. The van der Waals surface area contributed by atoms with Crippen LogP contribution in [-0.4, -0.2) is 41.4 Å². The molecule has 2 saturated heterocycles. The van der Waals surface area contributed by atoms with Crippen molar-refractivity contribution in [1.82, 2.24) is 0 Å². The van der Waals surface area contributed by atoms with E-state index >= 15 is 0 Å². The van der Waals surface area contributed by atoms with Crippen LogP contribution in [0.1, 0.15) is 33.1 Å². The molecule has 4 nitrogen and oxygen atoms in total. The maximum Gasteiger partial charge on any atom is 0.170 e. The van der Waals surface area contributed by atoms with Crippen LogP contribution in [0.5, 0.6) is 0 Å². The van der Waals surface area contributed by atoms with Gasteiger partial charge in [0.1, 0.15) is 0 Å². The van der Waals surface area contributed by atoms with Gasteiger partial charge in [-0.25, -0.2) is 0 Å². The molecule has 0 saturated carbocycles. The predicted octanol–water partition coefficient (Wildman–Crippen LogP) is 0.661. The Balaban J connectivity index is 1.84. The first-order valence-corrected chi connectivity index (χ1v) is 5.59. The zero-order chi connectivity index (χ0) is 11.1. The van der Waals surface area contributed by atoms with E-state index in [1.54, 1.807) is 0 Å². The molecule has 2 atom stereocenters. The van der Waals surface area contributed by atoms with Gasteiger partial charge in [0.2, 0.25) is 0 Å². The Morgan fingerprint density at radius 3 is 2.13 bits per heavy atom. The van der Waals surface area contributed by atoms with Crippen LogP contribution in [0.25, 0.3) is 0 Å². The Labute approximate surface area is 90.2 Å². The highest BCUT2D eigenvalue weighted by Crippen LogP contribution is 2.40. The van der Waals surface area contributed by atoms with Gasteiger partial charge in [-0.3, -0.25) is 0 Å². The van der Waals surface area contributed by atoms with Gasteiger partial charge in [-0.15, -0.1) is 0 Å². The van der Waals surface area contributed by atoms with Crippen molar-refractivity contribution in [3.8, 4) is 0 Å². The third-order valence-corrected chi connectivity index (χ3v) is 3.49. The Kier molecular flexibility index (Phi) is 2.79. The summed E-state index contributed by atoms with van der Waals surface area (Å²) in [5.74, 6) is -1.64. The predicted molar refractivity (Wildman–Crippen MR) is 54.3 cm³/mol. The molecular formula is C11H20O4. The topological polar surface area (TPSA) is 65.5 Å². The van der Waals surface area contributed by atoms with Gasteiger partial charge in [-0.1, -0.05) is 13.8 Å². The molecule has 88 valence electrons. The van der Waals surface area contributed by atoms with Crippen LogP contribution in [0.4, 0.5) is 0 Å². The Morgan fingerprint density at radius 2 is 1.67 bits per heavy atom. The quantitative estimate of drug-likeness (QED) is 0.505. The average molecular weight is 216 g/mol. The van der Waals surface area contributed by atoms with Crippen molar-refractivity contribution in [2.75, 3.05) is 13.2 Å². The van der Waals surface area contributed by atoms with Crippen molar-refractivity contribution in [2.45, 2.75) is 51.1 Å². The molecule has 2 unspecified atom stereocenters. The first-order chi connectivity index (χ1) is 6.91. The van der Waals surface area contributed by atoms with Gasteiger partial charge in [-0.05, 0) is 12.8 Å². The van der Waals surface area contributed by atoms with E-state index in [1.165, 1.54) is 0 Å². The monoisotopic (exact) mass is 216 g/mol. The standard InChI is InChI=1S/C11H20O4/c1-10(2,4-3-8-6-14-8)11(12,13)5-9-7-15-9/h8-9,12-13H,3-7H2,1-2H3. The van der Waals surface area contributed by atoms with E-state index in [9.17, 15) is 10.2 Å². The van der Waals surface area contributed by atoms with Gasteiger partial charge in [-0.2, -0.15) is 0 Å². The van der Waals surface area contributed by atoms with Crippen molar-refractivity contribution in [1.29, 1.82) is 0 Å². The molecule has 2 heterocycles. The summed E-state index contributed by atoms with van der Waals surface area (Å²) in [6.45, 7) is 5.26. The molecule has 0 radical (unpaired) electrons. The van der Waals surface area contributed by atoms with Crippen molar-refractivity contribution in [2.24, 2.45) is 5.41 Å². The molecule has 0 aromatic rings. The van der Waals surface area contributed by atoms with Crippen LogP contribution in [0.2, 0.25) is 0 Å². The lowest BCUT2D eigenvalue weighted by atomic mass is 9.76. The minimum Gasteiger partial charge on any atom is -0.373 e. The van der Waals surface area contributed by atoms with Gasteiger partial charge in [0.25, 0.3) is 0 Å². The molecule has 2 aliphatic heterocycles. The van der Waals surface area contributed by atoms with Gasteiger partial charge in [0.15, 0.2) is 5.79 Å². The summed E-state index contributed by atoms with van der Waals surface area (Å²) in [5, 5.41) is 20.0. The fourth-order valence-corrected chi connectivity index (χ4v) is 1.74. The summed E-state index contributed by atoms with van der Waals surface area (Å²) in [5.41, 5.74) is -0.509. The number of aliphatic hydroxyl groups is 2. The Hall–Kier alpha value is -0.160. The molecule has 0 aromatic heterocycles. The van der Waals surface area contributed by atoms with E-state index in [0.717, 1.165) is 19.4 Å². The minimum atomic E-state index is -1.64. The average Bonchev–Trinajstić information content (AvgIpc) is 2.95. The molecule has 2 rings (SSSR count). The van der Waals surface area contributed by atoms with Crippen LogP contribution in [-0.2, 0) is 9.47 Å². The number of epoxide rings is 2. The van der Waals surface area contributed by atoms with Gasteiger partial charge in [0, 0.05) is 11.8 Å². The maximum atomic E-state index is 10.0. The Morgan fingerprint density at radius 1 is 1.13 bits per heavy atom. The van der Waals surface area contributed by atoms with E-state index in [1.807, 2.05) is 13.8 Å². The zero-order valence-electron chi connectivity index (χ0n) is 9.40. The molecule has 2 aliphatic rings. The highest BCUT2D eigenvalue weighted by molar-refractivity contribution is 4.90. The smallest absolute Gasteiger partial charge is 0.170 e. The lowest BCUT2D eigenvalue weighted by molar-refractivity contribution is -0.241. The summed E-state index contributed by atoms with van der Waals surface area (Å²) in [4.78, 5) is 0. The van der Waals surface area contributed by atoms with Crippen molar-refractivity contribution in [3.05, 3.63) is 0 Å². The SMILES string of the molecule is CC(C)(CCC1CO1)C(O)(O)CC1CO1. The number of hydrogen-bond donors (Lipinski definition) is 2. The maximum absolute atomic E-state index is 10.0. The van der Waals surface area contributed by atoms with Crippen LogP contribution in [0.15, 0.2) is 0 Å². The molecule has 0 bridgehead atoms. The molecule has 0 aromatic carbocycles. The molecule has 0 aliphatic carbocycles. The second-order valence-electron chi connectivity index (χ2n) is 5.35. The molecular weight excluding hydrogens is 196 g/mol. The van der Waals surface area contributed by atoms with Gasteiger partial charge in [0.05, 0.1) is 25.4 Å². The fourth-order valence-electron chi connectivity index (χ4n) is 1.74. The molecule has 2 fully saturated rings. The normalized spacial score (nSPS) is 30.4. The summed E-state index contributed by atoms with van der Waals surface area (Å²) in [6, 6.07) is 0. The zero-order valence-corrected chi connectivity index (χ0v) is 9.40. The molecule has 2 N–H and O–H groups in total. The highest BCUT2D eigenvalue weighted by Gasteiger charge is 2.46. The van der Waals surface area contributed by atoms with Crippen molar-refractivity contribution in [3.63, 3.8) is 0 Å². The van der Waals surface area contributed by atoms with E-state index in [-0.39, 0.29) is 6.10 Å². The second-order valence-corrected chi connectivity index (χ2v) is 5.35. The highest BCUT2D eigenvalue weighted by atomic mass is 16.6. The lowest BCUT2D eigenvalue weighted by Crippen LogP contribution is -2.45. The van der Waals surface area contributed by atoms with Crippen LogP contribution in [0, 0.1) is 5.41 Å². The molecule has 15 heavy (non-hydrogen) atoms. The molecule has 0 amide bonds. The van der Waals surface area contributed by atoms with Crippen molar-refractivity contribution >= 4 is 0 Å². The van der Waals surface area contributed by atoms with E-state index in [2.05, 4.69) is 0 Å². The molecule has 0 spiro atoms. The van der Waals surface area contributed by atoms with E-state index in [0.29, 0.717) is 19.1 Å². The summed E-state index contributed by atoms with van der Waals surface area (Å²) in [7, 11) is 0. The minimum absolute atomic E-state index is 0.0384. The third kappa shape index (κ3) is 2.91. The first-order valence-electron chi connectivity index (χ1n) is 5.59. The fraction of sp³-hybridized carbons (Fsp3) is 1.00. The van der Waals surface area contributed by atoms with Crippen LogP contribution in [0.3, 0.4) is 0 Å². The summed E-state index contributed by atoms with van der Waals surface area (Å²) in [6.07, 6.45) is 2.36. The van der Waals surface area contributed by atoms with Gasteiger partial charge < -0.3 is 19.7 Å². The van der Waals surface area contributed by atoms with Gasteiger partial charge >= 0.3 is 0 Å². The molecule has 4 heteroatoms.